The van der Waals surface area contributed by atoms with Crippen molar-refractivity contribution >= 4 is 16.0 Å². The van der Waals surface area contributed by atoms with Crippen molar-refractivity contribution in [2.75, 3.05) is 20.7 Å². The summed E-state index contributed by atoms with van der Waals surface area (Å²) in [6.07, 6.45) is 2.62. The fourth-order valence-electron chi connectivity index (χ4n) is 1.94. The molecule has 1 aromatic carbocycles. The molecule has 0 amide bonds. The first kappa shape index (κ1) is 19.9. The van der Waals surface area contributed by atoms with Crippen LogP contribution in [-0.2, 0) is 14.8 Å². The molecule has 1 aromatic heterocycles. The molecular weight excluding hydrogens is 370 g/mol. The molecule has 0 saturated heterocycles. The van der Waals surface area contributed by atoms with Crippen molar-refractivity contribution in [3.8, 4) is 23.7 Å². The lowest BCUT2D eigenvalue weighted by molar-refractivity contribution is -0.139. The first-order valence-corrected chi connectivity index (χ1v) is 8.96. The second kappa shape index (κ2) is 8.32. The number of hydrogen-bond donors (Lipinski definition) is 1. The van der Waals surface area contributed by atoms with Crippen LogP contribution in [0, 0.1) is 23.2 Å². The molecule has 1 heterocycles. The molecule has 0 radical (unpaired) electrons. The van der Waals surface area contributed by atoms with Gasteiger partial charge >= 0.3 is 5.97 Å². The molecule has 8 nitrogen and oxygen atoms in total. The largest absolute Gasteiger partial charge is 0.481 e. The summed E-state index contributed by atoms with van der Waals surface area (Å²) in [6.45, 7) is -0.557. The van der Waals surface area contributed by atoms with E-state index in [9.17, 15) is 13.2 Å². The first-order chi connectivity index (χ1) is 12.7. The Bertz CT molecular complexity index is 1080. The Kier molecular flexibility index (Phi) is 6.14. The average Bonchev–Trinajstić information content (AvgIpc) is 2.64. The summed E-state index contributed by atoms with van der Waals surface area (Å²) in [6, 6.07) is 7.73. The van der Waals surface area contributed by atoms with Gasteiger partial charge in [0.2, 0.25) is 10.0 Å². The summed E-state index contributed by atoms with van der Waals surface area (Å²) in [4.78, 5) is 14.6. The van der Waals surface area contributed by atoms with Crippen molar-refractivity contribution < 1.29 is 23.1 Å². The van der Waals surface area contributed by atoms with Gasteiger partial charge in [-0.15, -0.1) is 0 Å². The van der Waals surface area contributed by atoms with Gasteiger partial charge in [0.15, 0.2) is 6.61 Å². The normalized spacial score (nSPS) is 10.6. The highest BCUT2D eigenvalue weighted by Gasteiger charge is 2.17. The van der Waals surface area contributed by atoms with Crippen LogP contribution in [0.25, 0.3) is 0 Å². The Morgan fingerprint density at radius 3 is 2.59 bits per heavy atom. The molecule has 0 aliphatic heterocycles. The summed E-state index contributed by atoms with van der Waals surface area (Å²) in [5.74, 6) is 4.58. The lowest BCUT2D eigenvalue weighted by Crippen LogP contribution is -2.22. The Balaban J connectivity index is 2.43. The molecular formula is C18H15N3O5S. The highest BCUT2D eigenvalue weighted by Crippen LogP contribution is 2.19. The van der Waals surface area contributed by atoms with Gasteiger partial charge in [-0.25, -0.2) is 17.5 Å². The third kappa shape index (κ3) is 5.05. The van der Waals surface area contributed by atoms with Gasteiger partial charge in [-0.2, -0.15) is 5.26 Å². The van der Waals surface area contributed by atoms with Crippen molar-refractivity contribution in [3.05, 3.63) is 53.3 Å². The quantitative estimate of drug-likeness (QED) is 0.764. The number of rotatable bonds is 5. The van der Waals surface area contributed by atoms with Crippen LogP contribution in [0.3, 0.4) is 0 Å². The molecule has 0 aliphatic rings. The van der Waals surface area contributed by atoms with Crippen LogP contribution in [0.1, 0.15) is 16.7 Å². The van der Waals surface area contributed by atoms with Gasteiger partial charge in [0, 0.05) is 32.1 Å². The molecule has 0 fully saturated rings. The maximum Gasteiger partial charge on any atom is 0.341 e. The molecule has 2 rings (SSSR count). The van der Waals surface area contributed by atoms with Crippen molar-refractivity contribution in [2.45, 2.75) is 4.90 Å². The number of carbonyl (C=O) groups is 1. The van der Waals surface area contributed by atoms with Crippen molar-refractivity contribution in [3.63, 3.8) is 0 Å². The number of carboxylic acid groups (broad SMARTS) is 1. The topological polar surface area (TPSA) is 121 Å². The van der Waals surface area contributed by atoms with Gasteiger partial charge in [-0.3, -0.25) is 4.98 Å². The van der Waals surface area contributed by atoms with Gasteiger partial charge in [0.1, 0.15) is 10.6 Å². The number of sulfonamides is 1. The van der Waals surface area contributed by atoms with E-state index in [4.69, 9.17) is 15.1 Å². The van der Waals surface area contributed by atoms with Crippen LogP contribution >= 0.6 is 0 Å². The molecule has 0 unspecified atom stereocenters. The van der Waals surface area contributed by atoms with Crippen LogP contribution in [0.2, 0.25) is 0 Å². The standard InChI is InChI=1S/C18H15N3O5S/c1-21(2)27(24,25)16-8-14(10-20-11-16)3-5-15-7-13(9-19)4-6-17(15)26-12-18(22)23/h4,6-8,10-11H,12H2,1-2H3,(H,22,23). The van der Waals surface area contributed by atoms with Crippen LogP contribution in [0.4, 0.5) is 0 Å². The SMILES string of the molecule is CN(C)S(=O)(=O)c1cncc(C#Cc2cc(C#N)ccc2OCC(=O)O)c1. The highest BCUT2D eigenvalue weighted by molar-refractivity contribution is 7.89. The second-order valence-electron chi connectivity index (χ2n) is 5.45. The fourth-order valence-corrected chi connectivity index (χ4v) is 2.83. The third-order valence-electron chi connectivity index (χ3n) is 3.29. The van der Waals surface area contributed by atoms with E-state index in [2.05, 4.69) is 16.8 Å². The van der Waals surface area contributed by atoms with E-state index in [0.29, 0.717) is 16.7 Å². The zero-order valence-corrected chi connectivity index (χ0v) is 15.3. The minimum Gasteiger partial charge on any atom is -0.481 e. The van der Waals surface area contributed by atoms with Gasteiger partial charge in [-0.05, 0) is 24.3 Å². The van der Waals surface area contributed by atoms with Crippen LogP contribution in [0.15, 0.2) is 41.6 Å². The summed E-state index contributed by atoms with van der Waals surface area (Å²) in [5, 5.41) is 17.8. The Morgan fingerprint density at radius 2 is 1.96 bits per heavy atom. The Hall–Kier alpha value is -3.40. The van der Waals surface area contributed by atoms with Gasteiger partial charge in [0.25, 0.3) is 0 Å². The smallest absolute Gasteiger partial charge is 0.341 e. The number of aromatic nitrogens is 1. The third-order valence-corrected chi connectivity index (χ3v) is 5.07. The number of nitrogens with zero attached hydrogens (tertiary/aromatic N) is 3. The monoisotopic (exact) mass is 385 g/mol. The van der Waals surface area contributed by atoms with Crippen LogP contribution in [0.5, 0.6) is 5.75 Å². The lowest BCUT2D eigenvalue weighted by atomic mass is 10.1. The molecule has 138 valence electrons. The first-order valence-electron chi connectivity index (χ1n) is 7.52. The minimum absolute atomic E-state index is 0.00701. The average molecular weight is 385 g/mol. The Labute approximate surface area is 156 Å². The van der Waals surface area contributed by atoms with E-state index in [1.807, 2.05) is 6.07 Å². The number of benzene rings is 1. The number of pyridine rings is 1. The van der Waals surface area contributed by atoms with Crippen LogP contribution < -0.4 is 4.74 Å². The molecule has 0 atom stereocenters. The summed E-state index contributed by atoms with van der Waals surface area (Å²) in [5.41, 5.74) is 0.963. The van der Waals surface area contributed by atoms with E-state index in [1.54, 1.807) is 0 Å². The van der Waals surface area contributed by atoms with Gasteiger partial charge in [-0.1, -0.05) is 11.8 Å². The Morgan fingerprint density at radius 1 is 1.22 bits per heavy atom. The summed E-state index contributed by atoms with van der Waals surface area (Å²) >= 11 is 0. The van der Waals surface area contributed by atoms with E-state index in [1.165, 1.54) is 50.8 Å². The molecule has 0 aliphatic carbocycles. The summed E-state index contributed by atoms with van der Waals surface area (Å²) in [7, 11) is -0.830. The molecule has 9 heteroatoms. The van der Waals surface area contributed by atoms with E-state index >= 15 is 0 Å². The molecule has 0 saturated carbocycles. The van der Waals surface area contributed by atoms with Crippen molar-refractivity contribution in [1.29, 1.82) is 5.26 Å². The number of carboxylic acids is 1. The number of hydrogen-bond acceptors (Lipinski definition) is 6. The molecule has 0 spiro atoms. The fraction of sp³-hybridized carbons (Fsp3) is 0.167. The number of ether oxygens (including phenoxy) is 1. The van der Waals surface area contributed by atoms with Gasteiger partial charge in [0.05, 0.1) is 17.2 Å². The zero-order valence-electron chi connectivity index (χ0n) is 14.5. The summed E-state index contributed by atoms with van der Waals surface area (Å²) < 4.78 is 30.6. The maximum absolute atomic E-state index is 12.2. The van der Waals surface area contributed by atoms with E-state index in [-0.39, 0.29) is 10.6 Å². The molecule has 2 aromatic rings. The number of aliphatic carboxylic acids is 1. The predicted molar refractivity (Wildman–Crippen MR) is 95.4 cm³/mol. The lowest BCUT2D eigenvalue weighted by Gasteiger charge is -2.10. The zero-order chi connectivity index (χ0) is 20.0. The molecule has 1 N–H and O–H groups in total. The van der Waals surface area contributed by atoms with Crippen molar-refractivity contribution in [1.82, 2.24) is 9.29 Å². The number of nitriles is 1. The van der Waals surface area contributed by atoms with E-state index in [0.717, 1.165) is 4.31 Å². The maximum atomic E-state index is 12.2. The highest BCUT2D eigenvalue weighted by atomic mass is 32.2. The van der Waals surface area contributed by atoms with Crippen molar-refractivity contribution in [2.24, 2.45) is 0 Å². The van der Waals surface area contributed by atoms with E-state index < -0.39 is 22.6 Å². The molecule has 27 heavy (non-hydrogen) atoms. The predicted octanol–water partition coefficient (Wildman–Crippen LogP) is 1.07. The minimum atomic E-state index is -3.65. The second-order valence-corrected chi connectivity index (χ2v) is 7.60. The van der Waals surface area contributed by atoms with Crippen LogP contribution in [-0.4, -0.2) is 49.5 Å². The molecule has 0 bridgehead atoms. The van der Waals surface area contributed by atoms with Gasteiger partial charge < -0.3 is 9.84 Å².